The molecule has 3 nitrogen and oxygen atoms in total. The minimum Gasteiger partial charge on any atom is -0.481 e. The second-order valence-electron chi connectivity index (χ2n) is 6.92. The molecule has 0 bridgehead atoms. The lowest BCUT2D eigenvalue weighted by molar-refractivity contribution is -0.148. The summed E-state index contributed by atoms with van der Waals surface area (Å²) in [5.41, 5.74) is 0.618. The Morgan fingerprint density at radius 1 is 1.39 bits per heavy atom. The summed E-state index contributed by atoms with van der Waals surface area (Å²) in [5, 5.41) is 9.39. The van der Waals surface area contributed by atoms with Crippen molar-refractivity contribution in [2.75, 3.05) is 0 Å². The van der Waals surface area contributed by atoms with E-state index in [0.29, 0.717) is 11.8 Å². The van der Waals surface area contributed by atoms with Crippen molar-refractivity contribution in [3.63, 3.8) is 0 Å². The van der Waals surface area contributed by atoms with Crippen molar-refractivity contribution in [2.45, 2.75) is 40.0 Å². The maximum Gasteiger partial charge on any atom is 0.309 e. The Labute approximate surface area is 107 Å². The fourth-order valence-corrected chi connectivity index (χ4v) is 4.69. The fraction of sp³-hybridized carbons (Fsp3) is 0.733. The van der Waals surface area contributed by atoms with Gasteiger partial charge in [0.15, 0.2) is 5.78 Å². The lowest BCUT2D eigenvalue weighted by Crippen LogP contribution is -2.33. The molecule has 0 heterocycles. The molecule has 0 aromatic rings. The van der Waals surface area contributed by atoms with E-state index >= 15 is 0 Å². The number of fused-ring (bicyclic) bond motifs is 3. The molecule has 18 heavy (non-hydrogen) atoms. The number of carbonyl (C=O) groups is 2. The van der Waals surface area contributed by atoms with E-state index in [1.165, 1.54) is 5.57 Å². The van der Waals surface area contributed by atoms with Crippen LogP contribution in [0.5, 0.6) is 0 Å². The van der Waals surface area contributed by atoms with E-state index in [-0.39, 0.29) is 17.1 Å². The number of aliphatic carboxylic acids is 1. The number of hydrogen-bond donors (Lipinski definition) is 1. The molecule has 0 aromatic heterocycles. The molecule has 2 fully saturated rings. The topological polar surface area (TPSA) is 54.4 Å². The molecule has 0 amide bonds. The molecule has 2 saturated carbocycles. The Morgan fingerprint density at radius 3 is 2.67 bits per heavy atom. The average molecular weight is 248 g/mol. The van der Waals surface area contributed by atoms with E-state index in [2.05, 4.69) is 6.92 Å². The van der Waals surface area contributed by atoms with Crippen LogP contribution >= 0.6 is 0 Å². The summed E-state index contributed by atoms with van der Waals surface area (Å²) in [5.74, 6) is 0.403. The molecule has 5 atom stereocenters. The van der Waals surface area contributed by atoms with Gasteiger partial charge in [-0.15, -0.1) is 0 Å². The molecule has 0 aliphatic heterocycles. The van der Waals surface area contributed by atoms with Crippen LogP contribution in [0.1, 0.15) is 40.0 Å². The van der Waals surface area contributed by atoms with Crippen LogP contribution in [0.2, 0.25) is 0 Å². The minimum absolute atomic E-state index is 0.0265. The van der Waals surface area contributed by atoms with Gasteiger partial charge in [0.1, 0.15) is 0 Å². The zero-order valence-corrected chi connectivity index (χ0v) is 11.2. The Morgan fingerprint density at radius 2 is 2.06 bits per heavy atom. The molecule has 0 saturated heterocycles. The molecule has 1 N–H and O–H groups in total. The molecule has 3 rings (SSSR count). The zero-order valence-electron chi connectivity index (χ0n) is 11.2. The first kappa shape index (κ1) is 11.9. The van der Waals surface area contributed by atoms with Crippen LogP contribution in [0.3, 0.4) is 0 Å². The second kappa shape index (κ2) is 3.25. The largest absolute Gasteiger partial charge is 0.481 e. The van der Waals surface area contributed by atoms with Crippen LogP contribution in [-0.4, -0.2) is 16.9 Å². The monoisotopic (exact) mass is 248 g/mol. The first-order chi connectivity index (χ1) is 8.29. The molecule has 0 unspecified atom stereocenters. The number of ketones is 1. The lowest BCUT2D eigenvalue weighted by Gasteiger charge is -2.34. The summed E-state index contributed by atoms with van der Waals surface area (Å²) >= 11 is 0. The molecule has 98 valence electrons. The van der Waals surface area contributed by atoms with E-state index in [0.717, 1.165) is 19.3 Å². The van der Waals surface area contributed by atoms with Crippen molar-refractivity contribution < 1.29 is 14.7 Å². The number of hydrogen-bond acceptors (Lipinski definition) is 2. The van der Waals surface area contributed by atoms with Crippen molar-refractivity contribution in [3.8, 4) is 0 Å². The van der Waals surface area contributed by atoms with Crippen molar-refractivity contribution in [1.29, 1.82) is 0 Å². The second-order valence-corrected chi connectivity index (χ2v) is 6.92. The molecule has 3 aliphatic rings. The molecule has 0 aromatic carbocycles. The third-order valence-electron chi connectivity index (χ3n) is 6.06. The highest BCUT2D eigenvalue weighted by Crippen LogP contribution is 2.66. The van der Waals surface area contributed by atoms with Gasteiger partial charge in [-0.05, 0) is 44.1 Å². The van der Waals surface area contributed by atoms with Crippen LogP contribution in [0.15, 0.2) is 11.6 Å². The van der Waals surface area contributed by atoms with Gasteiger partial charge >= 0.3 is 5.97 Å². The lowest BCUT2D eigenvalue weighted by atomic mass is 9.68. The van der Waals surface area contributed by atoms with Gasteiger partial charge in [-0.25, -0.2) is 0 Å². The third-order valence-corrected chi connectivity index (χ3v) is 6.06. The molecule has 0 spiro atoms. The van der Waals surface area contributed by atoms with Gasteiger partial charge < -0.3 is 5.11 Å². The van der Waals surface area contributed by atoms with Crippen molar-refractivity contribution in [2.24, 2.45) is 28.6 Å². The normalized spacial score (nSPS) is 50.1. The van der Waals surface area contributed by atoms with Crippen LogP contribution in [0.4, 0.5) is 0 Å². The minimum atomic E-state index is -0.678. The van der Waals surface area contributed by atoms with Crippen LogP contribution in [0.25, 0.3) is 0 Å². The van der Waals surface area contributed by atoms with Crippen molar-refractivity contribution in [3.05, 3.63) is 11.6 Å². The van der Waals surface area contributed by atoms with Gasteiger partial charge in [0.25, 0.3) is 0 Å². The van der Waals surface area contributed by atoms with Crippen molar-refractivity contribution in [1.82, 2.24) is 0 Å². The summed E-state index contributed by atoms with van der Waals surface area (Å²) in [6, 6.07) is 0. The highest BCUT2D eigenvalue weighted by Gasteiger charge is 2.62. The summed E-state index contributed by atoms with van der Waals surface area (Å²) < 4.78 is 0. The summed E-state index contributed by atoms with van der Waals surface area (Å²) in [6.07, 6.45) is 4.25. The predicted octanol–water partition coefficient (Wildman–Crippen LogP) is 2.66. The standard InChI is InChI=1S/C15H20O3/c1-8-12(16)5-10-4-9-6-14(2,13(17)18)7-11(9)15(8,10)3/h5,8-9,11H,4,6-7H2,1-3H3,(H,17,18)/t8-,9+,11-,14+,15-/m1/s1. The van der Waals surface area contributed by atoms with Crippen molar-refractivity contribution >= 4 is 11.8 Å². The van der Waals surface area contributed by atoms with Gasteiger partial charge in [-0.3, -0.25) is 9.59 Å². The van der Waals surface area contributed by atoms with E-state index in [1.807, 2.05) is 19.9 Å². The van der Waals surface area contributed by atoms with E-state index in [9.17, 15) is 14.7 Å². The molecular weight excluding hydrogens is 228 g/mol. The van der Waals surface area contributed by atoms with E-state index < -0.39 is 11.4 Å². The fourth-order valence-electron chi connectivity index (χ4n) is 4.69. The van der Waals surface area contributed by atoms with Crippen LogP contribution in [0, 0.1) is 28.6 Å². The van der Waals surface area contributed by atoms with Crippen LogP contribution in [-0.2, 0) is 9.59 Å². The van der Waals surface area contributed by atoms with Gasteiger partial charge in [0.05, 0.1) is 5.41 Å². The smallest absolute Gasteiger partial charge is 0.309 e. The first-order valence-corrected chi connectivity index (χ1v) is 6.77. The summed E-state index contributed by atoms with van der Waals surface area (Å²) in [4.78, 5) is 23.3. The number of carbonyl (C=O) groups excluding carboxylic acids is 1. The first-order valence-electron chi connectivity index (χ1n) is 6.77. The van der Waals surface area contributed by atoms with Gasteiger partial charge in [0, 0.05) is 11.3 Å². The molecule has 3 heteroatoms. The van der Waals surface area contributed by atoms with Gasteiger partial charge in [0.2, 0.25) is 0 Å². The Bertz CT molecular complexity index is 478. The molecular formula is C15H20O3. The van der Waals surface area contributed by atoms with Crippen LogP contribution < -0.4 is 0 Å². The number of carboxylic acid groups (broad SMARTS) is 1. The number of rotatable bonds is 1. The summed E-state index contributed by atoms with van der Waals surface area (Å²) in [7, 11) is 0. The molecule has 0 radical (unpaired) electrons. The Balaban J connectivity index is 1.97. The predicted molar refractivity (Wildman–Crippen MR) is 66.9 cm³/mol. The molecule has 3 aliphatic carbocycles. The third kappa shape index (κ3) is 1.20. The quantitative estimate of drug-likeness (QED) is 0.776. The number of carboxylic acids is 1. The Kier molecular flexibility index (Phi) is 2.16. The maximum absolute atomic E-state index is 11.9. The summed E-state index contributed by atoms with van der Waals surface area (Å²) in [6.45, 7) is 6.04. The maximum atomic E-state index is 11.9. The Hall–Kier alpha value is -1.12. The SMILES string of the molecule is C[C@@H]1C(=O)C=C2C[C@H]3C[C@](C)(C(=O)O)C[C@H]3[C@@]21C. The van der Waals surface area contributed by atoms with Gasteiger partial charge in [-0.2, -0.15) is 0 Å². The average Bonchev–Trinajstić information content (AvgIpc) is 2.81. The number of allylic oxidation sites excluding steroid dienone is 2. The van der Waals surface area contributed by atoms with Gasteiger partial charge in [-0.1, -0.05) is 19.4 Å². The highest BCUT2D eigenvalue weighted by atomic mass is 16.4. The highest BCUT2D eigenvalue weighted by molar-refractivity contribution is 5.96. The van der Waals surface area contributed by atoms with E-state index in [4.69, 9.17) is 0 Å². The zero-order chi connectivity index (χ0) is 13.3. The van der Waals surface area contributed by atoms with E-state index in [1.54, 1.807) is 0 Å².